The number of amides is 2. The zero-order chi connectivity index (χ0) is 20.9. The van der Waals surface area contributed by atoms with Crippen molar-refractivity contribution < 1.29 is 22.8 Å². The quantitative estimate of drug-likeness (QED) is 0.723. The third-order valence-electron chi connectivity index (χ3n) is 3.89. The number of alkyl halides is 3. The number of primary amides is 1. The van der Waals surface area contributed by atoms with Crippen LogP contribution in [0.5, 0.6) is 0 Å². The van der Waals surface area contributed by atoms with E-state index in [1.54, 1.807) is 24.0 Å². The van der Waals surface area contributed by atoms with Gasteiger partial charge in [0.15, 0.2) is 0 Å². The molecule has 0 radical (unpaired) electrons. The minimum absolute atomic E-state index is 0.0600. The van der Waals surface area contributed by atoms with Crippen LogP contribution in [0, 0.1) is 0 Å². The Balaban J connectivity index is 1.99. The van der Waals surface area contributed by atoms with E-state index in [4.69, 9.17) is 17.3 Å². The maximum absolute atomic E-state index is 12.7. The van der Waals surface area contributed by atoms with Crippen LogP contribution in [0.3, 0.4) is 0 Å². The first kappa shape index (κ1) is 21.5. The van der Waals surface area contributed by atoms with Crippen LogP contribution < -0.4 is 16.0 Å². The summed E-state index contributed by atoms with van der Waals surface area (Å²) in [4.78, 5) is 28.6. The first-order chi connectivity index (χ1) is 13.1. The second-order valence-electron chi connectivity index (χ2n) is 5.85. The van der Waals surface area contributed by atoms with E-state index in [0.717, 1.165) is 6.07 Å². The molecular formula is C18H18ClF3N4O2. The fourth-order valence-electron chi connectivity index (χ4n) is 2.41. The number of hydrogen-bond acceptors (Lipinski definition) is 4. The number of rotatable bonds is 7. The van der Waals surface area contributed by atoms with Crippen molar-refractivity contribution in [1.82, 2.24) is 4.98 Å². The smallest absolute Gasteiger partial charge is 0.366 e. The maximum Gasteiger partial charge on any atom is 0.417 e. The second-order valence-corrected chi connectivity index (χ2v) is 6.25. The summed E-state index contributed by atoms with van der Waals surface area (Å²) in [5.74, 6) is -0.707. The number of pyridine rings is 1. The molecule has 10 heteroatoms. The average Bonchev–Trinajstić information content (AvgIpc) is 2.62. The lowest BCUT2D eigenvalue weighted by molar-refractivity contribution is -0.137. The van der Waals surface area contributed by atoms with Gasteiger partial charge in [0.05, 0.1) is 10.6 Å². The number of hydrogen-bond donors (Lipinski definition) is 2. The van der Waals surface area contributed by atoms with Crippen molar-refractivity contribution in [2.75, 3.05) is 23.3 Å². The van der Waals surface area contributed by atoms with Crippen LogP contribution in [0.2, 0.25) is 5.02 Å². The summed E-state index contributed by atoms with van der Waals surface area (Å²) in [5.41, 5.74) is 5.02. The zero-order valence-electron chi connectivity index (χ0n) is 14.9. The van der Waals surface area contributed by atoms with Gasteiger partial charge in [0, 0.05) is 37.0 Å². The van der Waals surface area contributed by atoms with Crippen molar-refractivity contribution in [3.63, 3.8) is 0 Å². The van der Waals surface area contributed by atoms with Crippen LogP contribution in [0.1, 0.15) is 29.3 Å². The molecule has 0 aliphatic carbocycles. The standard InChI is InChI=1S/C18H18ClF3N4O2/c1-2-26(17-14(19)9-12(10-24-17)18(20,21)22)8-7-15(27)25-13-5-3-11(4-6-13)16(23)28/h3-6,9-10H,2,7-8H2,1H3,(H2,23,28)(H,25,27). The molecule has 0 aliphatic rings. The number of carbonyl (C=O) groups excluding carboxylic acids is 2. The number of nitrogens with two attached hydrogens (primary N) is 1. The molecule has 3 N–H and O–H groups in total. The number of aromatic nitrogens is 1. The molecule has 1 aromatic carbocycles. The first-order valence-corrected chi connectivity index (χ1v) is 8.67. The number of nitrogens with zero attached hydrogens (tertiary/aromatic N) is 2. The van der Waals surface area contributed by atoms with E-state index in [9.17, 15) is 22.8 Å². The van der Waals surface area contributed by atoms with Gasteiger partial charge in [0.1, 0.15) is 5.82 Å². The number of benzene rings is 1. The molecule has 28 heavy (non-hydrogen) atoms. The summed E-state index contributed by atoms with van der Waals surface area (Å²) in [5, 5.41) is 2.52. The van der Waals surface area contributed by atoms with Crippen molar-refractivity contribution >= 4 is 34.9 Å². The lowest BCUT2D eigenvalue weighted by Crippen LogP contribution is -2.28. The third-order valence-corrected chi connectivity index (χ3v) is 4.17. The van der Waals surface area contributed by atoms with E-state index in [2.05, 4.69) is 10.3 Å². The average molecular weight is 415 g/mol. The van der Waals surface area contributed by atoms with Crippen LogP contribution in [0.4, 0.5) is 24.7 Å². The molecule has 1 aromatic heterocycles. The van der Waals surface area contributed by atoms with Gasteiger partial charge in [0.25, 0.3) is 0 Å². The number of halogens is 4. The lowest BCUT2D eigenvalue weighted by atomic mass is 10.2. The zero-order valence-corrected chi connectivity index (χ0v) is 15.6. The minimum Gasteiger partial charge on any atom is -0.366 e. The highest BCUT2D eigenvalue weighted by molar-refractivity contribution is 6.33. The molecule has 0 spiro atoms. The van der Waals surface area contributed by atoms with E-state index in [0.29, 0.717) is 24.0 Å². The summed E-state index contributed by atoms with van der Waals surface area (Å²) in [6.45, 7) is 2.38. The van der Waals surface area contributed by atoms with Gasteiger partial charge < -0.3 is 16.0 Å². The summed E-state index contributed by atoms with van der Waals surface area (Å²) in [6.07, 6.45) is -3.76. The summed E-state index contributed by atoms with van der Waals surface area (Å²) >= 11 is 5.95. The van der Waals surface area contributed by atoms with Crippen molar-refractivity contribution in [1.29, 1.82) is 0 Å². The molecule has 0 fully saturated rings. The highest BCUT2D eigenvalue weighted by atomic mass is 35.5. The van der Waals surface area contributed by atoms with Gasteiger partial charge in [-0.3, -0.25) is 9.59 Å². The lowest BCUT2D eigenvalue weighted by Gasteiger charge is -2.23. The van der Waals surface area contributed by atoms with Crippen LogP contribution in [0.15, 0.2) is 36.5 Å². The molecule has 0 saturated carbocycles. The Bertz CT molecular complexity index is 857. The normalized spacial score (nSPS) is 11.2. The highest BCUT2D eigenvalue weighted by Gasteiger charge is 2.32. The van der Waals surface area contributed by atoms with Gasteiger partial charge in [-0.25, -0.2) is 4.98 Å². The third kappa shape index (κ3) is 5.59. The molecule has 0 saturated heterocycles. The van der Waals surface area contributed by atoms with E-state index < -0.39 is 17.6 Å². The minimum atomic E-state index is -4.53. The molecular weight excluding hydrogens is 397 g/mol. The predicted octanol–water partition coefficient (Wildman–Crippen LogP) is 3.71. The number of anilines is 2. The fraction of sp³-hybridized carbons (Fsp3) is 0.278. The number of carbonyl (C=O) groups is 2. The van der Waals surface area contributed by atoms with E-state index in [1.807, 2.05) is 0 Å². The van der Waals surface area contributed by atoms with Gasteiger partial charge in [0.2, 0.25) is 11.8 Å². The van der Waals surface area contributed by atoms with Crippen molar-refractivity contribution in [2.24, 2.45) is 5.73 Å². The maximum atomic E-state index is 12.7. The second kappa shape index (κ2) is 8.92. The molecule has 0 aliphatic heterocycles. The molecule has 0 unspecified atom stereocenters. The van der Waals surface area contributed by atoms with E-state index >= 15 is 0 Å². The predicted molar refractivity (Wildman–Crippen MR) is 100 cm³/mol. The summed E-state index contributed by atoms with van der Waals surface area (Å²) in [7, 11) is 0. The van der Waals surface area contributed by atoms with Crippen LogP contribution in [0.25, 0.3) is 0 Å². The highest BCUT2D eigenvalue weighted by Crippen LogP contribution is 2.33. The van der Waals surface area contributed by atoms with Crippen LogP contribution in [-0.4, -0.2) is 29.9 Å². The summed E-state index contributed by atoms with van der Waals surface area (Å²) < 4.78 is 38.2. The molecule has 0 atom stereocenters. The summed E-state index contributed by atoms with van der Waals surface area (Å²) in [6, 6.07) is 6.88. The molecule has 2 amide bonds. The number of nitrogens with one attached hydrogen (secondary N) is 1. The van der Waals surface area contributed by atoms with E-state index in [1.165, 1.54) is 12.1 Å². The van der Waals surface area contributed by atoms with Gasteiger partial charge in [-0.2, -0.15) is 13.2 Å². The SMILES string of the molecule is CCN(CCC(=O)Nc1ccc(C(N)=O)cc1)c1ncc(C(F)(F)F)cc1Cl. The van der Waals surface area contributed by atoms with E-state index in [-0.39, 0.29) is 29.7 Å². The van der Waals surface area contributed by atoms with Crippen LogP contribution >= 0.6 is 11.6 Å². The monoisotopic (exact) mass is 414 g/mol. The molecule has 6 nitrogen and oxygen atoms in total. The Morgan fingerprint density at radius 2 is 1.89 bits per heavy atom. The Morgan fingerprint density at radius 3 is 2.39 bits per heavy atom. The van der Waals surface area contributed by atoms with Crippen molar-refractivity contribution in [2.45, 2.75) is 19.5 Å². The molecule has 2 aromatic rings. The molecule has 150 valence electrons. The fourth-order valence-corrected chi connectivity index (χ4v) is 2.70. The Morgan fingerprint density at radius 1 is 1.25 bits per heavy atom. The van der Waals surface area contributed by atoms with Gasteiger partial charge >= 0.3 is 6.18 Å². The van der Waals surface area contributed by atoms with Crippen molar-refractivity contribution in [3.05, 3.63) is 52.7 Å². The first-order valence-electron chi connectivity index (χ1n) is 8.29. The van der Waals surface area contributed by atoms with Gasteiger partial charge in [-0.1, -0.05) is 11.6 Å². The Kier molecular flexibility index (Phi) is 6.85. The molecule has 2 rings (SSSR count). The van der Waals surface area contributed by atoms with Gasteiger partial charge in [-0.05, 0) is 37.3 Å². The van der Waals surface area contributed by atoms with Crippen molar-refractivity contribution in [3.8, 4) is 0 Å². The molecule has 1 heterocycles. The largest absolute Gasteiger partial charge is 0.417 e. The van der Waals surface area contributed by atoms with Crippen LogP contribution in [-0.2, 0) is 11.0 Å². The molecule has 0 bridgehead atoms. The topological polar surface area (TPSA) is 88.3 Å². The van der Waals surface area contributed by atoms with Gasteiger partial charge in [-0.15, -0.1) is 0 Å². The Labute approximate surface area is 164 Å². The Hall–Kier alpha value is -2.81.